The quantitative estimate of drug-likeness (QED) is 0.157. The van der Waals surface area contributed by atoms with Crippen LogP contribution in [-0.2, 0) is 9.59 Å². The fourth-order valence-corrected chi connectivity index (χ4v) is 8.65. The number of halogens is 3. The van der Waals surface area contributed by atoms with Gasteiger partial charge in [0, 0.05) is 41.0 Å². The Morgan fingerprint density at radius 1 is 0.711 bits per heavy atom. The number of hydrogen-bond donors (Lipinski definition) is 4. The van der Waals surface area contributed by atoms with Gasteiger partial charge in [0.15, 0.2) is 0 Å². The van der Waals surface area contributed by atoms with Crippen LogP contribution in [0.4, 0.5) is 11.4 Å². The second-order valence-electron chi connectivity index (χ2n) is 9.22. The molecule has 0 saturated heterocycles. The Balaban J connectivity index is 3.62. The van der Waals surface area contributed by atoms with Crippen LogP contribution in [-0.4, -0.2) is 95.7 Å². The molecular weight excluding hydrogens is 835 g/mol. The van der Waals surface area contributed by atoms with Crippen LogP contribution in [0.2, 0.25) is 0 Å². The van der Waals surface area contributed by atoms with E-state index in [4.69, 9.17) is 10.2 Å². The summed E-state index contributed by atoms with van der Waals surface area (Å²) in [6, 6.07) is 0. The van der Waals surface area contributed by atoms with Gasteiger partial charge in [0.25, 0.3) is 5.91 Å². The standard InChI is InChI=1S/C25H38I3N3O7/c1-15(34)30(11-7-5-9-17(36)13-32)23-20(26)19(25(38)29(3)4)21(27)24(22(23)28)31(16(2)35)12-8-6-10-18(37)14-33/h17-18,32-33,36-37H,5-14H2,1-4H3. The number of aliphatic hydroxyl groups is 4. The van der Waals surface area contributed by atoms with Gasteiger partial charge in [0.1, 0.15) is 0 Å². The number of benzene rings is 1. The Morgan fingerprint density at radius 2 is 1.08 bits per heavy atom. The van der Waals surface area contributed by atoms with E-state index in [1.54, 1.807) is 23.9 Å². The zero-order valence-electron chi connectivity index (χ0n) is 22.2. The summed E-state index contributed by atoms with van der Waals surface area (Å²) >= 11 is 6.32. The number of aliphatic hydroxyl groups excluding tert-OH is 4. The van der Waals surface area contributed by atoms with Crippen LogP contribution in [0.1, 0.15) is 62.7 Å². The molecule has 0 heterocycles. The van der Waals surface area contributed by atoms with Crippen LogP contribution in [0.5, 0.6) is 0 Å². The number of amides is 3. The summed E-state index contributed by atoms with van der Waals surface area (Å²) in [6.07, 6.45) is 1.53. The number of unbranched alkanes of at least 4 members (excludes halogenated alkanes) is 2. The van der Waals surface area contributed by atoms with Crippen molar-refractivity contribution in [2.75, 3.05) is 50.2 Å². The number of rotatable bonds is 15. The average Bonchev–Trinajstić information content (AvgIpc) is 2.85. The van der Waals surface area contributed by atoms with Crippen LogP contribution in [0.25, 0.3) is 0 Å². The molecule has 0 bridgehead atoms. The van der Waals surface area contributed by atoms with Gasteiger partial charge in [-0.3, -0.25) is 14.4 Å². The van der Waals surface area contributed by atoms with Gasteiger partial charge in [0.2, 0.25) is 11.8 Å². The smallest absolute Gasteiger partial charge is 0.255 e. The molecule has 38 heavy (non-hydrogen) atoms. The largest absolute Gasteiger partial charge is 0.394 e. The Labute approximate surface area is 265 Å². The van der Waals surface area contributed by atoms with E-state index < -0.39 is 12.2 Å². The van der Waals surface area contributed by atoms with Crippen molar-refractivity contribution in [2.45, 2.75) is 64.6 Å². The molecule has 1 aromatic carbocycles. The van der Waals surface area contributed by atoms with E-state index in [-0.39, 0.29) is 30.9 Å². The predicted molar refractivity (Wildman–Crippen MR) is 173 cm³/mol. The molecule has 0 aliphatic heterocycles. The van der Waals surface area contributed by atoms with Crippen LogP contribution < -0.4 is 9.80 Å². The second-order valence-corrected chi connectivity index (χ2v) is 12.5. The highest BCUT2D eigenvalue weighted by molar-refractivity contribution is 14.1. The summed E-state index contributed by atoms with van der Waals surface area (Å²) in [5.74, 6) is -0.681. The first kappa shape index (κ1) is 35.7. The summed E-state index contributed by atoms with van der Waals surface area (Å²) in [5, 5.41) is 37.5. The third kappa shape index (κ3) is 9.94. The molecule has 0 saturated carbocycles. The number of nitrogens with zero attached hydrogens (tertiary/aromatic N) is 3. The molecule has 0 aliphatic rings. The fraction of sp³-hybridized carbons (Fsp3) is 0.640. The molecule has 2 atom stereocenters. The lowest BCUT2D eigenvalue weighted by molar-refractivity contribution is -0.117. The van der Waals surface area contributed by atoms with Gasteiger partial charge in [-0.15, -0.1) is 0 Å². The van der Waals surface area contributed by atoms with Gasteiger partial charge >= 0.3 is 0 Å². The Bertz CT molecular complexity index is 915. The van der Waals surface area contributed by atoms with Crippen LogP contribution in [0.3, 0.4) is 0 Å². The maximum absolute atomic E-state index is 13.3. The normalized spacial score (nSPS) is 12.7. The Kier molecular flexibility index (Phi) is 16.4. The molecule has 0 fully saturated rings. The van der Waals surface area contributed by atoms with Gasteiger partial charge in [0.05, 0.1) is 53.1 Å². The van der Waals surface area contributed by atoms with Crippen molar-refractivity contribution in [1.82, 2.24) is 4.90 Å². The van der Waals surface area contributed by atoms with E-state index >= 15 is 0 Å². The van der Waals surface area contributed by atoms with E-state index in [0.717, 1.165) is 0 Å². The monoisotopic (exact) mass is 873 g/mol. The molecule has 0 aliphatic carbocycles. The van der Waals surface area contributed by atoms with Crippen molar-refractivity contribution >= 4 is 96.9 Å². The van der Waals surface area contributed by atoms with Crippen molar-refractivity contribution in [2.24, 2.45) is 0 Å². The van der Waals surface area contributed by atoms with Gasteiger partial charge in [-0.1, -0.05) is 0 Å². The van der Waals surface area contributed by atoms with Crippen molar-refractivity contribution in [3.63, 3.8) is 0 Å². The predicted octanol–water partition coefficient (Wildman–Crippen LogP) is 2.96. The molecule has 10 nitrogen and oxygen atoms in total. The Morgan fingerprint density at radius 3 is 1.37 bits per heavy atom. The topological polar surface area (TPSA) is 142 Å². The van der Waals surface area contributed by atoms with Gasteiger partial charge in [-0.05, 0) is 106 Å². The third-order valence-electron chi connectivity index (χ3n) is 5.95. The first-order valence-corrected chi connectivity index (χ1v) is 15.6. The van der Waals surface area contributed by atoms with Crippen LogP contribution in [0, 0.1) is 10.7 Å². The number of hydrogen-bond acceptors (Lipinski definition) is 7. The molecule has 3 amide bonds. The van der Waals surface area contributed by atoms with E-state index in [2.05, 4.69) is 67.8 Å². The molecule has 0 spiro atoms. The average molecular weight is 873 g/mol. The van der Waals surface area contributed by atoms with E-state index in [9.17, 15) is 24.6 Å². The molecule has 4 N–H and O–H groups in total. The van der Waals surface area contributed by atoms with E-state index in [1.807, 2.05) is 0 Å². The van der Waals surface area contributed by atoms with E-state index in [0.29, 0.717) is 79.3 Å². The first-order valence-electron chi connectivity index (χ1n) is 12.4. The van der Waals surface area contributed by atoms with Crippen molar-refractivity contribution < 1.29 is 34.8 Å². The zero-order valence-corrected chi connectivity index (χ0v) is 28.7. The SMILES string of the molecule is CC(=O)N(CCCCC(O)CO)c1c(I)c(C(=O)N(C)C)c(I)c(N(CCCCC(O)CO)C(C)=O)c1I. The third-order valence-corrected chi connectivity index (χ3v) is 9.07. The highest BCUT2D eigenvalue weighted by Gasteiger charge is 2.32. The summed E-state index contributed by atoms with van der Waals surface area (Å²) in [7, 11) is 3.30. The van der Waals surface area contributed by atoms with Gasteiger partial charge in [-0.2, -0.15) is 0 Å². The number of anilines is 2. The summed E-state index contributed by atoms with van der Waals surface area (Å²) in [6.45, 7) is 2.96. The zero-order chi connectivity index (χ0) is 29.2. The van der Waals surface area contributed by atoms with Gasteiger partial charge in [-0.25, -0.2) is 0 Å². The maximum Gasteiger partial charge on any atom is 0.255 e. The van der Waals surface area contributed by atoms with Crippen molar-refractivity contribution in [3.05, 3.63) is 16.3 Å². The lowest BCUT2D eigenvalue weighted by atomic mass is 10.1. The minimum atomic E-state index is -0.808. The summed E-state index contributed by atoms with van der Waals surface area (Å²) < 4.78 is 1.89. The number of carbonyl (C=O) groups is 3. The molecular formula is C25H38I3N3O7. The Hall–Kier alpha value is -0.340. The van der Waals surface area contributed by atoms with Crippen LogP contribution >= 0.6 is 67.8 Å². The lowest BCUT2D eigenvalue weighted by Gasteiger charge is -2.31. The minimum Gasteiger partial charge on any atom is -0.394 e. The van der Waals surface area contributed by atoms with Crippen LogP contribution in [0.15, 0.2) is 0 Å². The lowest BCUT2D eigenvalue weighted by Crippen LogP contribution is -2.36. The number of carbonyl (C=O) groups excluding carboxylic acids is 3. The first-order chi connectivity index (χ1) is 17.8. The van der Waals surface area contributed by atoms with Crippen molar-refractivity contribution in [3.8, 4) is 0 Å². The molecule has 1 rings (SSSR count). The van der Waals surface area contributed by atoms with E-state index in [1.165, 1.54) is 18.7 Å². The minimum absolute atomic E-state index is 0.216. The molecule has 0 aromatic heterocycles. The molecule has 1 aromatic rings. The molecule has 216 valence electrons. The fourth-order valence-electron chi connectivity index (χ4n) is 3.86. The molecule has 13 heteroatoms. The highest BCUT2D eigenvalue weighted by Crippen LogP contribution is 2.43. The maximum atomic E-state index is 13.3. The summed E-state index contributed by atoms with van der Waals surface area (Å²) in [4.78, 5) is 43.7. The summed E-state index contributed by atoms with van der Waals surface area (Å²) in [5.41, 5.74) is 1.53. The van der Waals surface area contributed by atoms with Crippen molar-refractivity contribution in [1.29, 1.82) is 0 Å². The van der Waals surface area contributed by atoms with Gasteiger partial charge < -0.3 is 35.1 Å². The molecule has 0 radical (unpaired) electrons. The second kappa shape index (κ2) is 17.5. The molecule has 2 unspecified atom stereocenters. The highest BCUT2D eigenvalue weighted by atomic mass is 127.